The predicted octanol–water partition coefficient (Wildman–Crippen LogP) is 1.87. The zero-order valence-electron chi connectivity index (χ0n) is 14.1. The average molecular weight is 360 g/mol. The quantitative estimate of drug-likeness (QED) is 0.102. The summed E-state index contributed by atoms with van der Waals surface area (Å²) in [5, 5.41) is 21.2. The lowest BCUT2D eigenvalue weighted by atomic mass is 10.0. The van der Waals surface area contributed by atoms with Crippen molar-refractivity contribution < 1.29 is 14.3 Å². The lowest BCUT2D eigenvalue weighted by Gasteiger charge is -2.15. The smallest absolute Gasteiger partial charge is 0.325 e. The van der Waals surface area contributed by atoms with Gasteiger partial charge < -0.3 is 26.0 Å². The van der Waals surface area contributed by atoms with Crippen LogP contribution in [-0.4, -0.2) is 38.0 Å². The zero-order valence-corrected chi connectivity index (χ0v) is 14.1. The summed E-state index contributed by atoms with van der Waals surface area (Å²) in [6.45, 7) is 0.583. The van der Waals surface area contributed by atoms with Gasteiger partial charge in [-0.2, -0.15) is 0 Å². The molecule has 0 unspecified atom stereocenters. The number of esters is 1. The van der Waals surface area contributed by atoms with E-state index in [0.29, 0.717) is 29.6 Å². The maximum atomic E-state index is 11.5. The summed E-state index contributed by atoms with van der Waals surface area (Å²) in [5.41, 5.74) is 9.23. The predicted molar refractivity (Wildman–Crippen MR) is 92.7 cm³/mol. The molecule has 0 bridgehead atoms. The minimum absolute atomic E-state index is 0.0162. The third-order valence-corrected chi connectivity index (χ3v) is 3.49. The molecule has 11 nitrogen and oxygen atoms in total. The average Bonchev–Trinajstić information content (AvgIpc) is 3.44. The zero-order chi connectivity index (χ0) is 18.8. The summed E-state index contributed by atoms with van der Waals surface area (Å²) in [4.78, 5) is 14.1. The summed E-state index contributed by atoms with van der Waals surface area (Å²) >= 11 is 0. The van der Waals surface area contributed by atoms with Gasteiger partial charge in [-0.25, -0.2) is 0 Å². The Morgan fingerprint density at radius 3 is 3.00 bits per heavy atom. The highest BCUT2D eigenvalue weighted by atomic mass is 16.5. The molecule has 0 aromatic carbocycles. The van der Waals surface area contributed by atoms with Crippen molar-refractivity contribution in [1.82, 2.24) is 5.32 Å². The topological polar surface area (TPSA) is 171 Å². The van der Waals surface area contributed by atoms with Crippen molar-refractivity contribution in [2.24, 2.45) is 27.2 Å². The number of carbonyl (C=O) groups excluding carboxylic acids is 1. The Kier molecular flexibility index (Phi) is 7.19. The maximum absolute atomic E-state index is 11.5. The molecule has 0 heterocycles. The largest absolute Gasteiger partial charge is 0.491 e. The first-order valence-electron chi connectivity index (χ1n) is 8.00. The van der Waals surface area contributed by atoms with Crippen molar-refractivity contribution >= 4 is 11.7 Å². The first-order valence-corrected chi connectivity index (χ1v) is 8.00. The summed E-state index contributed by atoms with van der Waals surface area (Å²) in [6.07, 6.45) is 6.93. The molecule has 0 amide bonds. The van der Waals surface area contributed by atoms with Crippen LogP contribution in [-0.2, 0) is 14.3 Å². The number of azide groups is 1. The molecule has 0 atom stereocenters. The van der Waals surface area contributed by atoms with E-state index in [1.165, 1.54) is 12.3 Å². The van der Waals surface area contributed by atoms with Gasteiger partial charge in [0, 0.05) is 22.8 Å². The van der Waals surface area contributed by atoms with Crippen LogP contribution in [0.2, 0.25) is 0 Å². The summed E-state index contributed by atoms with van der Waals surface area (Å²) < 4.78 is 10.5. The highest BCUT2D eigenvalue weighted by Crippen LogP contribution is 2.31. The molecule has 0 aromatic heterocycles. The van der Waals surface area contributed by atoms with Gasteiger partial charge in [0.05, 0.1) is 25.5 Å². The van der Waals surface area contributed by atoms with Gasteiger partial charge in [0.25, 0.3) is 0 Å². The van der Waals surface area contributed by atoms with Crippen molar-refractivity contribution in [3.05, 3.63) is 45.8 Å². The van der Waals surface area contributed by atoms with Crippen LogP contribution >= 0.6 is 0 Å². The van der Waals surface area contributed by atoms with Crippen LogP contribution in [0.4, 0.5) is 0 Å². The van der Waals surface area contributed by atoms with E-state index in [4.69, 9.17) is 26.3 Å². The number of nitrogens with one attached hydrogen (secondary N) is 2. The molecule has 1 saturated carbocycles. The molecule has 4 N–H and O–H groups in total. The molecular weight excluding hydrogens is 340 g/mol. The number of ether oxygens (including phenoxy) is 2. The molecule has 0 radical (unpaired) electrons. The second kappa shape index (κ2) is 9.84. The van der Waals surface area contributed by atoms with Crippen LogP contribution in [0.5, 0.6) is 0 Å². The van der Waals surface area contributed by atoms with Gasteiger partial charge in [-0.15, -0.1) is 5.11 Å². The van der Waals surface area contributed by atoms with Gasteiger partial charge in [0.2, 0.25) is 0 Å². The molecule has 1 fully saturated rings. The van der Waals surface area contributed by atoms with Crippen LogP contribution in [0.25, 0.3) is 10.4 Å². The first-order chi connectivity index (χ1) is 12.6. The van der Waals surface area contributed by atoms with Crippen LogP contribution < -0.4 is 11.2 Å². The van der Waals surface area contributed by atoms with Crippen molar-refractivity contribution in [3.8, 4) is 0 Å². The van der Waals surface area contributed by atoms with Gasteiger partial charge in [0.15, 0.2) is 0 Å². The number of nitrogens with two attached hydrogens (primary N) is 1. The fourth-order valence-electron chi connectivity index (χ4n) is 1.99. The molecule has 11 heteroatoms. The van der Waals surface area contributed by atoms with Gasteiger partial charge in [-0.1, -0.05) is 10.3 Å². The van der Waals surface area contributed by atoms with Gasteiger partial charge in [-0.3, -0.25) is 4.79 Å². The van der Waals surface area contributed by atoms with Crippen molar-refractivity contribution in [2.45, 2.75) is 12.8 Å². The molecule has 2 aliphatic rings. The highest BCUT2D eigenvalue weighted by Gasteiger charge is 2.24. The second-order valence-corrected chi connectivity index (χ2v) is 5.58. The maximum Gasteiger partial charge on any atom is 0.325 e. The number of hydrogen-bond donors (Lipinski definition) is 3. The van der Waals surface area contributed by atoms with E-state index in [2.05, 4.69) is 25.7 Å². The second-order valence-electron chi connectivity index (χ2n) is 5.58. The summed E-state index contributed by atoms with van der Waals surface area (Å²) in [6, 6.07) is 0. The molecule has 0 saturated heterocycles. The summed E-state index contributed by atoms with van der Waals surface area (Å²) in [7, 11) is 0. The molecule has 2 aliphatic carbocycles. The Labute approximate surface area is 149 Å². The molecule has 0 aromatic rings. The number of rotatable bonds is 10. The van der Waals surface area contributed by atoms with E-state index in [-0.39, 0.29) is 25.4 Å². The number of carbonyl (C=O) groups is 1. The van der Waals surface area contributed by atoms with E-state index in [9.17, 15) is 4.79 Å². The fraction of sp³-hybridized carbons (Fsp3) is 0.467. The van der Waals surface area contributed by atoms with E-state index in [1.807, 2.05) is 0 Å². The van der Waals surface area contributed by atoms with Crippen molar-refractivity contribution in [2.75, 3.05) is 26.3 Å². The molecule has 138 valence electrons. The van der Waals surface area contributed by atoms with E-state index in [1.54, 1.807) is 6.08 Å². The van der Waals surface area contributed by atoms with E-state index >= 15 is 0 Å². The van der Waals surface area contributed by atoms with Crippen molar-refractivity contribution in [1.29, 1.82) is 5.41 Å². The third-order valence-electron chi connectivity index (χ3n) is 3.49. The fourth-order valence-corrected chi connectivity index (χ4v) is 1.99. The number of nitrogens with zero attached hydrogens (tertiary/aromatic N) is 5. The lowest BCUT2D eigenvalue weighted by molar-refractivity contribution is -0.142. The molecule has 0 aliphatic heterocycles. The Balaban J connectivity index is 1.89. The van der Waals surface area contributed by atoms with Gasteiger partial charge >= 0.3 is 5.97 Å². The standard InChI is InChI=1S/C15H20N8O3/c16-12-6-14(26-9-10-1-2-10)13(21-23-18)5-11(12)7-19-8-15(24)25-4-3-20-22-17/h5-7,10,16,19H,1-4,8-9H2,(H2,18,21)/b11-7-,16-12?. The van der Waals surface area contributed by atoms with E-state index < -0.39 is 5.97 Å². The Morgan fingerprint density at radius 2 is 2.31 bits per heavy atom. The Bertz CT molecular complexity index is 714. The van der Waals surface area contributed by atoms with E-state index in [0.717, 1.165) is 12.8 Å². The summed E-state index contributed by atoms with van der Waals surface area (Å²) in [5.74, 6) is 5.63. The van der Waals surface area contributed by atoms with Crippen molar-refractivity contribution in [3.63, 3.8) is 0 Å². The van der Waals surface area contributed by atoms with Crippen LogP contribution in [0.3, 0.4) is 0 Å². The SMILES string of the molecule is [N-]=[N+]=NCCOC(=O)CN/C=C1/C=C(N=NN)C(OCC2CC2)=CC1=N. The Morgan fingerprint density at radius 1 is 1.50 bits per heavy atom. The van der Waals surface area contributed by atoms with Gasteiger partial charge in [0.1, 0.15) is 18.0 Å². The number of hydrogen-bond acceptors (Lipinski definition) is 8. The monoisotopic (exact) mass is 360 g/mol. The minimum atomic E-state index is -0.507. The molecular formula is C15H20N8O3. The molecule has 0 spiro atoms. The first kappa shape index (κ1) is 19.0. The lowest BCUT2D eigenvalue weighted by Crippen LogP contribution is -2.22. The van der Waals surface area contributed by atoms with Gasteiger partial charge in [-0.05, 0) is 30.4 Å². The highest BCUT2D eigenvalue weighted by molar-refractivity contribution is 6.10. The molecule has 26 heavy (non-hydrogen) atoms. The van der Waals surface area contributed by atoms with Crippen LogP contribution in [0.1, 0.15) is 12.8 Å². The van der Waals surface area contributed by atoms with Crippen LogP contribution in [0.15, 0.2) is 50.8 Å². The minimum Gasteiger partial charge on any atom is -0.491 e. The Hall–Kier alpha value is -3.33. The number of allylic oxidation sites excluding steroid dienone is 3. The van der Waals surface area contributed by atoms with Crippen LogP contribution in [0, 0.1) is 11.3 Å². The third kappa shape index (κ3) is 6.29. The normalized spacial score (nSPS) is 18.2. The molecule has 2 rings (SSSR count).